The van der Waals surface area contributed by atoms with E-state index in [0.29, 0.717) is 12.5 Å². The van der Waals surface area contributed by atoms with Gasteiger partial charge in [0.05, 0.1) is 6.61 Å². The van der Waals surface area contributed by atoms with Gasteiger partial charge < -0.3 is 9.47 Å². The highest BCUT2D eigenvalue weighted by molar-refractivity contribution is 5.88. The molecule has 0 saturated carbocycles. The number of nitrogens with zero attached hydrogens (tertiary/aromatic N) is 1. The number of hydrogen-bond donors (Lipinski definition) is 0. The lowest BCUT2D eigenvalue weighted by atomic mass is 10.1. The standard InChI is InChI=1S/C19H18NO2/c1-15(14-22-19-11-4-5-12-20-19)13-21-18-10-6-8-16-7-2-3-9-17(16)18/h2-13,15H,14H2,1H3. The molecule has 2 aromatic carbocycles. The predicted molar refractivity (Wildman–Crippen MR) is 87.8 cm³/mol. The normalized spacial score (nSPS) is 12.0. The SMILES string of the molecule is CC([CH]Oc1cccc2ccccc12)COc1ccccn1. The molecule has 1 aromatic heterocycles. The highest BCUT2D eigenvalue weighted by Crippen LogP contribution is 2.26. The van der Waals surface area contributed by atoms with E-state index in [0.717, 1.165) is 11.1 Å². The molecule has 3 rings (SSSR count). The van der Waals surface area contributed by atoms with E-state index in [1.165, 1.54) is 5.39 Å². The highest BCUT2D eigenvalue weighted by atomic mass is 16.5. The van der Waals surface area contributed by atoms with Crippen LogP contribution in [0.2, 0.25) is 0 Å². The third kappa shape index (κ3) is 3.55. The van der Waals surface area contributed by atoms with Crippen LogP contribution in [0.5, 0.6) is 11.6 Å². The van der Waals surface area contributed by atoms with Crippen LogP contribution in [-0.4, -0.2) is 11.6 Å². The summed E-state index contributed by atoms with van der Waals surface area (Å²) in [6.45, 7) is 4.39. The molecular weight excluding hydrogens is 274 g/mol. The number of pyridine rings is 1. The molecule has 111 valence electrons. The summed E-state index contributed by atoms with van der Waals surface area (Å²) >= 11 is 0. The van der Waals surface area contributed by atoms with Crippen molar-refractivity contribution in [2.45, 2.75) is 6.92 Å². The van der Waals surface area contributed by atoms with E-state index < -0.39 is 0 Å². The van der Waals surface area contributed by atoms with Gasteiger partial charge in [-0.15, -0.1) is 0 Å². The predicted octanol–water partition coefficient (Wildman–Crippen LogP) is 4.49. The number of rotatable bonds is 6. The molecule has 0 aliphatic heterocycles. The molecule has 3 aromatic rings. The fourth-order valence-corrected chi connectivity index (χ4v) is 2.18. The fraction of sp³-hybridized carbons (Fsp3) is 0.158. The zero-order valence-corrected chi connectivity index (χ0v) is 12.5. The Hall–Kier alpha value is -2.55. The minimum absolute atomic E-state index is 0.154. The van der Waals surface area contributed by atoms with Crippen molar-refractivity contribution in [3.63, 3.8) is 0 Å². The number of ether oxygens (including phenoxy) is 2. The van der Waals surface area contributed by atoms with Crippen molar-refractivity contribution in [1.29, 1.82) is 0 Å². The van der Waals surface area contributed by atoms with Crippen LogP contribution in [0.15, 0.2) is 66.9 Å². The first kappa shape index (κ1) is 14.4. The molecule has 1 unspecified atom stereocenters. The van der Waals surface area contributed by atoms with E-state index in [9.17, 15) is 0 Å². The van der Waals surface area contributed by atoms with Crippen molar-refractivity contribution < 1.29 is 9.47 Å². The Morgan fingerprint density at radius 2 is 1.82 bits per heavy atom. The quantitative estimate of drug-likeness (QED) is 0.670. The highest BCUT2D eigenvalue weighted by Gasteiger charge is 2.08. The Labute approximate surface area is 130 Å². The Kier molecular flexibility index (Phi) is 4.54. The lowest BCUT2D eigenvalue weighted by Crippen LogP contribution is -2.12. The second kappa shape index (κ2) is 6.94. The van der Waals surface area contributed by atoms with Gasteiger partial charge in [-0.1, -0.05) is 49.4 Å². The molecule has 0 N–H and O–H groups in total. The Balaban J connectivity index is 1.57. The van der Waals surface area contributed by atoms with Gasteiger partial charge in [0.25, 0.3) is 0 Å². The molecule has 1 atom stereocenters. The number of fused-ring (bicyclic) bond motifs is 1. The molecule has 0 amide bonds. The summed E-state index contributed by atoms with van der Waals surface area (Å²) in [6, 6.07) is 19.9. The second-order valence-corrected chi connectivity index (χ2v) is 5.19. The van der Waals surface area contributed by atoms with Crippen LogP contribution in [0, 0.1) is 12.5 Å². The third-order valence-corrected chi connectivity index (χ3v) is 3.31. The third-order valence-electron chi connectivity index (χ3n) is 3.31. The first-order chi connectivity index (χ1) is 10.8. The minimum atomic E-state index is 0.154. The molecule has 1 heterocycles. The van der Waals surface area contributed by atoms with Gasteiger partial charge in [-0.2, -0.15) is 0 Å². The number of benzene rings is 2. The van der Waals surface area contributed by atoms with E-state index >= 15 is 0 Å². The zero-order valence-electron chi connectivity index (χ0n) is 12.5. The van der Waals surface area contributed by atoms with Crippen molar-refractivity contribution in [3.05, 3.63) is 73.5 Å². The van der Waals surface area contributed by atoms with Crippen LogP contribution in [0.1, 0.15) is 6.92 Å². The second-order valence-electron chi connectivity index (χ2n) is 5.19. The van der Waals surface area contributed by atoms with Gasteiger partial charge in [0.1, 0.15) is 12.4 Å². The monoisotopic (exact) mass is 292 g/mol. The van der Waals surface area contributed by atoms with E-state index in [4.69, 9.17) is 9.47 Å². The molecule has 3 nitrogen and oxygen atoms in total. The summed E-state index contributed by atoms with van der Waals surface area (Å²) < 4.78 is 11.5. The van der Waals surface area contributed by atoms with Crippen molar-refractivity contribution in [2.75, 3.05) is 6.61 Å². The molecular formula is C19H18NO2. The van der Waals surface area contributed by atoms with Gasteiger partial charge in [0.15, 0.2) is 0 Å². The first-order valence-corrected chi connectivity index (χ1v) is 7.34. The van der Waals surface area contributed by atoms with Crippen LogP contribution in [0.25, 0.3) is 10.8 Å². The summed E-state index contributed by atoms with van der Waals surface area (Å²) in [5.41, 5.74) is 0. The van der Waals surface area contributed by atoms with Crippen LogP contribution in [0.3, 0.4) is 0 Å². The number of hydrogen-bond acceptors (Lipinski definition) is 3. The average molecular weight is 292 g/mol. The van der Waals surface area contributed by atoms with Gasteiger partial charge in [-0.05, 0) is 17.5 Å². The van der Waals surface area contributed by atoms with E-state index in [2.05, 4.69) is 23.2 Å². The van der Waals surface area contributed by atoms with E-state index in [1.54, 1.807) is 6.20 Å². The first-order valence-electron chi connectivity index (χ1n) is 7.34. The molecule has 0 saturated heterocycles. The summed E-state index contributed by atoms with van der Waals surface area (Å²) in [5.74, 6) is 1.65. The molecule has 0 aliphatic carbocycles. The summed E-state index contributed by atoms with van der Waals surface area (Å²) in [6.07, 6.45) is 1.72. The van der Waals surface area contributed by atoms with Crippen LogP contribution >= 0.6 is 0 Å². The fourth-order valence-electron chi connectivity index (χ4n) is 2.18. The molecule has 0 fully saturated rings. The number of aromatic nitrogens is 1. The smallest absolute Gasteiger partial charge is 0.213 e. The minimum Gasteiger partial charge on any atom is -0.485 e. The maximum Gasteiger partial charge on any atom is 0.213 e. The maximum atomic E-state index is 5.84. The Bertz CT molecular complexity index is 722. The average Bonchev–Trinajstić information content (AvgIpc) is 2.59. The molecule has 22 heavy (non-hydrogen) atoms. The van der Waals surface area contributed by atoms with E-state index in [1.807, 2.05) is 56.0 Å². The lowest BCUT2D eigenvalue weighted by molar-refractivity contribution is 0.227. The maximum absolute atomic E-state index is 5.84. The molecule has 3 heteroatoms. The molecule has 0 bridgehead atoms. The van der Waals surface area contributed by atoms with Crippen LogP contribution in [-0.2, 0) is 0 Å². The summed E-state index contributed by atoms with van der Waals surface area (Å²) in [4.78, 5) is 4.13. The van der Waals surface area contributed by atoms with Gasteiger partial charge in [0, 0.05) is 23.6 Å². The van der Waals surface area contributed by atoms with Gasteiger partial charge in [-0.25, -0.2) is 4.98 Å². The summed E-state index contributed by atoms with van der Waals surface area (Å²) in [7, 11) is 0. The van der Waals surface area contributed by atoms with Crippen LogP contribution in [0.4, 0.5) is 0 Å². The van der Waals surface area contributed by atoms with Crippen molar-refractivity contribution in [3.8, 4) is 11.6 Å². The topological polar surface area (TPSA) is 31.4 Å². The molecule has 1 radical (unpaired) electrons. The lowest BCUT2D eigenvalue weighted by Gasteiger charge is -2.14. The van der Waals surface area contributed by atoms with Gasteiger partial charge >= 0.3 is 0 Å². The molecule has 0 aliphatic rings. The van der Waals surface area contributed by atoms with Gasteiger partial charge in [0.2, 0.25) is 5.88 Å². The zero-order chi connectivity index (χ0) is 15.2. The van der Waals surface area contributed by atoms with Crippen molar-refractivity contribution >= 4 is 10.8 Å². The van der Waals surface area contributed by atoms with E-state index in [-0.39, 0.29) is 5.92 Å². The largest absolute Gasteiger partial charge is 0.485 e. The molecule has 0 spiro atoms. The Morgan fingerprint density at radius 3 is 2.68 bits per heavy atom. The van der Waals surface area contributed by atoms with Crippen molar-refractivity contribution in [1.82, 2.24) is 4.98 Å². The Morgan fingerprint density at radius 1 is 1.00 bits per heavy atom. The van der Waals surface area contributed by atoms with Crippen molar-refractivity contribution in [2.24, 2.45) is 5.92 Å². The van der Waals surface area contributed by atoms with Gasteiger partial charge in [-0.3, -0.25) is 0 Å². The van der Waals surface area contributed by atoms with Crippen LogP contribution < -0.4 is 9.47 Å². The summed E-state index contributed by atoms with van der Waals surface area (Å²) in [5, 5.41) is 2.28.